The predicted molar refractivity (Wildman–Crippen MR) is 144 cm³/mol. The Labute approximate surface area is 233 Å². The molecule has 3 aromatic rings. The van der Waals surface area contributed by atoms with Crippen molar-refractivity contribution in [3.8, 4) is 0 Å². The van der Waals surface area contributed by atoms with E-state index < -0.39 is 58.1 Å². The van der Waals surface area contributed by atoms with Crippen molar-refractivity contribution >= 4 is 34.7 Å². The van der Waals surface area contributed by atoms with Crippen LogP contribution >= 0.6 is 0 Å². The van der Waals surface area contributed by atoms with Crippen molar-refractivity contribution in [1.29, 1.82) is 0 Å². The number of amides is 2. The van der Waals surface area contributed by atoms with E-state index in [-0.39, 0.29) is 47.2 Å². The molecule has 4 unspecified atom stereocenters. The summed E-state index contributed by atoms with van der Waals surface area (Å²) in [5.41, 5.74) is 7.53. The van der Waals surface area contributed by atoms with Gasteiger partial charge in [-0.2, -0.15) is 0 Å². The van der Waals surface area contributed by atoms with Crippen molar-refractivity contribution in [2.75, 3.05) is 13.1 Å². The average molecular weight is 581 g/mol. The number of rotatable bonds is 5. The van der Waals surface area contributed by atoms with Crippen molar-refractivity contribution in [2.24, 2.45) is 21.5 Å². The highest BCUT2D eigenvalue weighted by Crippen LogP contribution is 2.44. The zero-order chi connectivity index (χ0) is 30.0. The van der Waals surface area contributed by atoms with Crippen LogP contribution in [0.3, 0.4) is 0 Å². The van der Waals surface area contributed by atoms with Crippen LogP contribution in [0.1, 0.15) is 20.8 Å². The summed E-state index contributed by atoms with van der Waals surface area (Å²) in [6, 6.07) is 3.59. The normalized spacial score (nSPS) is 25.6. The van der Waals surface area contributed by atoms with Crippen LogP contribution in [0, 0.1) is 0 Å². The highest BCUT2D eigenvalue weighted by molar-refractivity contribution is 5.97. The highest BCUT2D eigenvalue weighted by atomic mass is 16.5. The van der Waals surface area contributed by atoms with Crippen molar-refractivity contribution < 1.29 is 24.2 Å². The summed E-state index contributed by atoms with van der Waals surface area (Å²) in [4.78, 5) is 75.9. The fourth-order valence-electron chi connectivity index (χ4n) is 5.61. The molecule has 2 amide bonds. The molecule has 4 atom stereocenters. The Kier molecular flexibility index (Phi) is 5.90. The molecule has 18 nitrogen and oxygen atoms in total. The summed E-state index contributed by atoms with van der Waals surface area (Å²) in [5.74, 6) is -4.95. The van der Waals surface area contributed by atoms with Crippen LogP contribution < -0.4 is 44.1 Å². The number of para-hydroxylation sites is 1. The topological polar surface area (TPSA) is 287 Å². The number of H-pyrrole nitrogens is 2. The summed E-state index contributed by atoms with van der Waals surface area (Å²) in [7, 11) is 0. The van der Waals surface area contributed by atoms with Crippen molar-refractivity contribution in [2.45, 2.75) is 29.6 Å². The van der Waals surface area contributed by atoms with Crippen LogP contribution in [0.5, 0.6) is 0 Å². The van der Waals surface area contributed by atoms with Crippen LogP contribution in [-0.4, -0.2) is 91.5 Å². The fourth-order valence-corrected chi connectivity index (χ4v) is 5.61. The second kappa shape index (κ2) is 9.28. The number of nitrogens with two attached hydrogens (primary N) is 2. The zero-order valence-electron chi connectivity index (χ0n) is 21.5. The summed E-state index contributed by atoms with van der Waals surface area (Å²) in [6.45, 7) is -0.565. The monoisotopic (exact) mass is 580 g/mol. The van der Waals surface area contributed by atoms with Gasteiger partial charge in [-0.3, -0.25) is 24.2 Å². The molecular weight excluding hydrogens is 556 g/mol. The molecule has 1 fully saturated rings. The smallest absolute Gasteiger partial charge is 0.326 e. The number of fused-ring (bicyclic) bond motifs is 1. The summed E-state index contributed by atoms with van der Waals surface area (Å²) < 4.78 is 5.40. The molecule has 218 valence electrons. The molecule has 3 aliphatic rings. The Hall–Kier alpha value is -5.49. The van der Waals surface area contributed by atoms with E-state index in [4.69, 9.17) is 15.9 Å². The molecule has 0 aliphatic carbocycles. The standard InChI is InChI=1S/C24H24N10O8/c25-20-32-17-12(6-27-19(38)11-5-15(35)31-22(39)29-11)28-21(26)34-7-14(24(40,41)23(17,34)33-20)30-18(37)10-8-42-13-4-2-1-3-9(13)16(10)36/h1-5,8,12,14,17,40-41H,6-7H2,(H2,26,28)(H,27,38)(H,30,37)(H3,25,32,33)(H2,29,31,35,39). The van der Waals surface area contributed by atoms with Gasteiger partial charge in [0.2, 0.25) is 11.2 Å². The number of benzene rings is 1. The molecule has 1 aromatic carbocycles. The highest BCUT2D eigenvalue weighted by Gasteiger charge is 2.73. The number of aliphatic hydroxyl groups is 2. The molecule has 1 saturated heterocycles. The molecule has 11 N–H and O–H groups in total. The maximum absolute atomic E-state index is 13.2. The molecule has 0 saturated carbocycles. The maximum Gasteiger partial charge on any atom is 0.326 e. The number of hydrogen-bond donors (Lipinski definition) is 9. The third kappa shape index (κ3) is 3.91. The van der Waals surface area contributed by atoms with E-state index in [1.165, 1.54) is 11.0 Å². The minimum Gasteiger partial charge on any atom is -0.463 e. The average Bonchev–Trinajstić information content (AvgIpc) is 3.40. The molecular formula is C24H24N10O8. The van der Waals surface area contributed by atoms with E-state index in [0.717, 1.165) is 12.3 Å². The molecule has 18 heteroatoms. The number of guanidine groups is 2. The Morgan fingerprint density at radius 2 is 1.88 bits per heavy atom. The van der Waals surface area contributed by atoms with E-state index >= 15 is 0 Å². The fraction of sp³-hybridized carbons (Fsp3) is 0.292. The third-order valence-electron chi connectivity index (χ3n) is 7.51. The third-order valence-corrected chi connectivity index (χ3v) is 7.51. The zero-order valence-corrected chi connectivity index (χ0v) is 21.5. The predicted octanol–water partition coefficient (Wildman–Crippen LogP) is -4.63. The Morgan fingerprint density at radius 1 is 1.12 bits per heavy atom. The summed E-state index contributed by atoms with van der Waals surface area (Å²) in [6.07, 6.45) is 0.983. The quantitative estimate of drug-likeness (QED) is 0.129. The van der Waals surface area contributed by atoms with Crippen LogP contribution in [0.15, 0.2) is 65.4 Å². The van der Waals surface area contributed by atoms with Gasteiger partial charge in [-0.05, 0) is 12.1 Å². The van der Waals surface area contributed by atoms with Crippen LogP contribution in [0.25, 0.3) is 11.0 Å². The van der Waals surface area contributed by atoms with Gasteiger partial charge >= 0.3 is 5.69 Å². The molecule has 3 aliphatic heterocycles. The number of nitrogens with one attached hydrogen (secondary N) is 5. The molecule has 2 aromatic heterocycles. The number of carbonyl (C=O) groups is 2. The van der Waals surface area contributed by atoms with Gasteiger partial charge in [-0.15, -0.1) is 0 Å². The Morgan fingerprint density at radius 3 is 2.64 bits per heavy atom. The van der Waals surface area contributed by atoms with Crippen LogP contribution in [0.4, 0.5) is 0 Å². The van der Waals surface area contributed by atoms with Gasteiger partial charge in [0.05, 0.1) is 11.4 Å². The minimum atomic E-state index is -2.81. The van der Waals surface area contributed by atoms with Gasteiger partial charge in [0, 0.05) is 19.2 Å². The van der Waals surface area contributed by atoms with Crippen LogP contribution in [-0.2, 0) is 0 Å². The lowest BCUT2D eigenvalue weighted by Gasteiger charge is -2.49. The first kappa shape index (κ1) is 26.7. The van der Waals surface area contributed by atoms with Gasteiger partial charge in [0.25, 0.3) is 17.4 Å². The van der Waals surface area contributed by atoms with Gasteiger partial charge in [0.15, 0.2) is 17.6 Å². The lowest BCUT2D eigenvalue weighted by molar-refractivity contribution is -0.230. The van der Waals surface area contributed by atoms with Gasteiger partial charge in [0.1, 0.15) is 35.2 Å². The number of hydrogen-bond acceptors (Lipinski definition) is 14. The molecule has 0 radical (unpaired) electrons. The molecule has 6 rings (SSSR count). The molecule has 5 heterocycles. The number of aromatic amines is 2. The van der Waals surface area contributed by atoms with Crippen molar-refractivity contribution in [1.82, 2.24) is 30.8 Å². The lowest BCUT2D eigenvalue weighted by Crippen LogP contribution is -2.78. The van der Waals surface area contributed by atoms with Crippen molar-refractivity contribution in [3.05, 3.63) is 78.9 Å². The first-order valence-electron chi connectivity index (χ1n) is 12.5. The SMILES string of the molecule is NC1=NC2C(CNC(=O)c3cc(=O)[nH]c(=O)[nH]3)N=C(N)N3CC(NC(=O)c4coc5ccccc5c4=O)C(O)(O)C23N1. The van der Waals surface area contributed by atoms with E-state index in [2.05, 4.69) is 30.9 Å². The van der Waals surface area contributed by atoms with Gasteiger partial charge < -0.3 is 51.9 Å². The molecule has 0 bridgehead atoms. The largest absolute Gasteiger partial charge is 0.463 e. The summed E-state index contributed by atoms with van der Waals surface area (Å²) >= 11 is 0. The van der Waals surface area contributed by atoms with E-state index in [1.54, 1.807) is 18.2 Å². The van der Waals surface area contributed by atoms with E-state index in [0.29, 0.717) is 0 Å². The van der Waals surface area contributed by atoms with Gasteiger partial charge in [-0.1, -0.05) is 12.1 Å². The van der Waals surface area contributed by atoms with E-state index in [9.17, 15) is 34.2 Å². The number of aliphatic imine (C=N–C) groups is 2. The number of carbonyl (C=O) groups excluding carboxylic acids is 2. The first-order valence-corrected chi connectivity index (χ1v) is 12.5. The number of nitrogens with zero attached hydrogens (tertiary/aromatic N) is 3. The molecule has 1 spiro atoms. The maximum atomic E-state index is 13.2. The van der Waals surface area contributed by atoms with E-state index in [1.807, 2.05) is 4.98 Å². The summed E-state index contributed by atoms with van der Waals surface area (Å²) in [5, 5.41) is 31.0. The second-order valence-electron chi connectivity index (χ2n) is 9.95. The minimum absolute atomic E-state index is 0.163. The molecule has 42 heavy (non-hydrogen) atoms. The van der Waals surface area contributed by atoms with Crippen molar-refractivity contribution in [3.63, 3.8) is 0 Å². The lowest BCUT2D eigenvalue weighted by atomic mass is 9.85. The van der Waals surface area contributed by atoms with Gasteiger partial charge in [-0.25, -0.2) is 14.8 Å². The Bertz CT molecular complexity index is 1850. The second-order valence-corrected chi connectivity index (χ2v) is 9.95. The first-order chi connectivity index (χ1) is 19.9. The Balaban J connectivity index is 1.27. The number of aromatic nitrogens is 2. The van der Waals surface area contributed by atoms with Crippen LogP contribution in [0.2, 0.25) is 0 Å².